The maximum Gasteiger partial charge on any atom is 0.339 e. The van der Waals surface area contributed by atoms with E-state index in [1.165, 1.54) is 6.07 Å². The van der Waals surface area contributed by atoms with E-state index >= 15 is 0 Å². The summed E-state index contributed by atoms with van der Waals surface area (Å²) < 4.78 is 0. The van der Waals surface area contributed by atoms with Crippen molar-refractivity contribution < 1.29 is 15.0 Å². The largest absolute Gasteiger partial charge is 0.506 e. The van der Waals surface area contributed by atoms with Gasteiger partial charge in [0.25, 0.3) is 0 Å². The molecule has 1 aromatic rings. The minimum absolute atomic E-state index is 0.0577. The predicted octanol–water partition coefficient (Wildman–Crippen LogP) is 3.29. The van der Waals surface area contributed by atoms with Crippen LogP contribution in [-0.4, -0.2) is 16.2 Å². The van der Waals surface area contributed by atoms with Crippen LogP contribution in [0.25, 0.3) is 6.08 Å². The lowest BCUT2D eigenvalue weighted by molar-refractivity contribution is 0.0693. The minimum Gasteiger partial charge on any atom is -0.506 e. The van der Waals surface area contributed by atoms with Gasteiger partial charge in [-0.25, -0.2) is 4.79 Å². The van der Waals surface area contributed by atoms with Gasteiger partial charge >= 0.3 is 5.97 Å². The summed E-state index contributed by atoms with van der Waals surface area (Å²) in [7, 11) is 0. The first-order valence-electron chi connectivity index (χ1n) is 5.38. The standard InChI is InChI=1S/C13H16O3/c1-2-3-4-5-7-10-8-6-9-11(12(10)14)13(15)16/h5-9,14H,2-4H2,1H3,(H,15,16)/b7-5-. The molecule has 0 aliphatic heterocycles. The van der Waals surface area contributed by atoms with Crippen molar-refractivity contribution in [3.8, 4) is 5.75 Å². The number of hydrogen-bond acceptors (Lipinski definition) is 2. The fraction of sp³-hybridized carbons (Fsp3) is 0.308. The zero-order valence-corrected chi connectivity index (χ0v) is 9.31. The molecule has 0 fully saturated rings. The SMILES string of the molecule is CCCC/C=C\c1cccc(C(=O)O)c1O. The molecule has 0 aliphatic carbocycles. The van der Waals surface area contributed by atoms with E-state index in [0.717, 1.165) is 19.3 Å². The van der Waals surface area contributed by atoms with E-state index in [-0.39, 0.29) is 11.3 Å². The van der Waals surface area contributed by atoms with Gasteiger partial charge in [0.15, 0.2) is 0 Å². The first-order valence-corrected chi connectivity index (χ1v) is 5.38. The quantitative estimate of drug-likeness (QED) is 0.748. The summed E-state index contributed by atoms with van der Waals surface area (Å²) in [6.45, 7) is 2.11. The number of benzene rings is 1. The summed E-state index contributed by atoms with van der Waals surface area (Å²) in [5, 5.41) is 18.5. The Morgan fingerprint density at radius 3 is 2.81 bits per heavy atom. The molecular weight excluding hydrogens is 204 g/mol. The van der Waals surface area contributed by atoms with Crippen LogP contribution in [0, 0.1) is 0 Å². The summed E-state index contributed by atoms with van der Waals surface area (Å²) in [6, 6.07) is 4.72. The number of carbonyl (C=O) groups is 1. The molecule has 3 heteroatoms. The van der Waals surface area contributed by atoms with E-state index in [0.29, 0.717) is 5.56 Å². The zero-order valence-electron chi connectivity index (χ0n) is 9.31. The molecule has 0 spiro atoms. The lowest BCUT2D eigenvalue weighted by atomic mass is 10.1. The number of hydrogen-bond donors (Lipinski definition) is 2. The molecule has 0 amide bonds. The van der Waals surface area contributed by atoms with Crippen molar-refractivity contribution in [2.75, 3.05) is 0 Å². The fourth-order valence-electron chi connectivity index (χ4n) is 1.40. The van der Waals surface area contributed by atoms with Gasteiger partial charge in [0.1, 0.15) is 11.3 Å². The van der Waals surface area contributed by atoms with Gasteiger partial charge in [0.05, 0.1) is 0 Å². The van der Waals surface area contributed by atoms with E-state index in [1.807, 2.05) is 6.08 Å². The van der Waals surface area contributed by atoms with Crippen molar-refractivity contribution >= 4 is 12.0 Å². The van der Waals surface area contributed by atoms with Crippen molar-refractivity contribution in [1.29, 1.82) is 0 Å². The first-order chi connectivity index (χ1) is 7.66. The smallest absolute Gasteiger partial charge is 0.339 e. The number of para-hydroxylation sites is 1. The lowest BCUT2D eigenvalue weighted by Gasteiger charge is -2.02. The van der Waals surface area contributed by atoms with Crippen LogP contribution >= 0.6 is 0 Å². The maximum absolute atomic E-state index is 10.8. The van der Waals surface area contributed by atoms with Crippen LogP contribution in [0.15, 0.2) is 24.3 Å². The Kier molecular flexibility index (Phi) is 4.58. The van der Waals surface area contributed by atoms with Gasteiger partial charge in [-0.2, -0.15) is 0 Å². The highest BCUT2D eigenvalue weighted by Gasteiger charge is 2.10. The molecule has 1 rings (SSSR count). The Hall–Kier alpha value is -1.77. The Balaban J connectivity index is 2.85. The van der Waals surface area contributed by atoms with Crippen LogP contribution in [0.1, 0.15) is 42.1 Å². The van der Waals surface area contributed by atoms with Crippen LogP contribution in [0.5, 0.6) is 5.75 Å². The number of unbranched alkanes of at least 4 members (excludes halogenated alkanes) is 2. The van der Waals surface area contributed by atoms with Crippen LogP contribution in [0.4, 0.5) is 0 Å². The molecule has 0 unspecified atom stereocenters. The Bertz CT molecular complexity index is 394. The van der Waals surface area contributed by atoms with Crippen molar-refractivity contribution in [1.82, 2.24) is 0 Å². The second-order valence-corrected chi connectivity index (χ2v) is 3.59. The minimum atomic E-state index is -1.11. The van der Waals surface area contributed by atoms with Crippen LogP contribution in [0.3, 0.4) is 0 Å². The molecule has 0 radical (unpaired) electrons. The number of carboxylic acid groups (broad SMARTS) is 1. The van der Waals surface area contributed by atoms with E-state index in [4.69, 9.17) is 5.11 Å². The maximum atomic E-state index is 10.8. The number of phenols is 1. The van der Waals surface area contributed by atoms with Gasteiger partial charge in [-0.05, 0) is 12.5 Å². The number of rotatable bonds is 5. The predicted molar refractivity (Wildman–Crippen MR) is 63.6 cm³/mol. The van der Waals surface area contributed by atoms with Crippen molar-refractivity contribution in [2.24, 2.45) is 0 Å². The summed E-state index contributed by atoms with van der Waals surface area (Å²) in [5.41, 5.74) is 0.494. The van der Waals surface area contributed by atoms with E-state index in [1.54, 1.807) is 18.2 Å². The highest BCUT2D eigenvalue weighted by atomic mass is 16.4. The molecule has 0 bridgehead atoms. The summed E-state index contributed by atoms with van der Waals surface area (Å²) in [5.74, 6) is -1.27. The van der Waals surface area contributed by atoms with Gasteiger partial charge in [-0.3, -0.25) is 0 Å². The molecule has 16 heavy (non-hydrogen) atoms. The summed E-state index contributed by atoms with van der Waals surface area (Å²) in [6.07, 6.45) is 6.86. The highest BCUT2D eigenvalue weighted by molar-refractivity contribution is 5.92. The monoisotopic (exact) mass is 220 g/mol. The Labute approximate surface area is 95.0 Å². The summed E-state index contributed by atoms with van der Waals surface area (Å²) in [4.78, 5) is 10.8. The molecule has 0 saturated heterocycles. The summed E-state index contributed by atoms with van der Waals surface area (Å²) >= 11 is 0. The molecule has 0 saturated carbocycles. The molecule has 0 heterocycles. The average molecular weight is 220 g/mol. The second-order valence-electron chi connectivity index (χ2n) is 3.59. The number of carboxylic acids is 1. The lowest BCUT2D eigenvalue weighted by Crippen LogP contribution is -1.97. The fourth-order valence-corrected chi connectivity index (χ4v) is 1.40. The Morgan fingerprint density at radius 2 is 2.19 bits per heavy atom. The first kappa shape index (κ1) is 12.3. The van der Waals surface area contributed by atoms with Crippen molar-refractivity contribution in [3.63, 3.8) is 0 Å². The van der Waals surface area contributed by atoms with Crippen LogP contribution in [-0.2, 0) is 0 Å². The topological polar surface area (TPSA) is 57.5 Å². The third kappa shape index (κ3) is 3.12. The Morgan fingerprint density at radius 1 is 1.44 bits per heavy atom. The van der Waals surface area contributed by atoms with Gasteiger partial charge in [-0.15, -0.1) is 0 Å². The van der Waals surface area contributed by atoms with Gasteiger partial charge < -0.3 is 10.2 Å². The third-order valence-electron chi connectivity index (χ3n) is 2.32. The number of aromatic carboxylic acids is 1. The zero-order chi connectivity index (χ0) is 12.0. The van der Waals surface area contributed by atoms with Crippen molar-refractivity contribution in [3.05, 3.63) is 35.4 Å². The highest BCUT2D eigenvalue weighted by Crippen LogP contribution is 2.23. The van der Waals surface area contributed by atoms with Gasteiger partial charge in [-0.1, -0.05) is 44.1 Å². The molecular formula is C13H16O3. The molecule has 0 atom stereocenters. The molecule has 86 valence electrons. The second kappa shape index (κ2) is 5.95. The van der Waals surface area contributed by atoms with E-state index in [9.17, 15) is 9.90 Å². The molecule has 2 N–H and O–H groups in total. The molecule has 3 nitrogen and oxygen atoms in total. The normalized spacial score (nSPS) is 10.8. The van der Waals surface area contributed by atoms with Crippen LogP contribution < -0.4 is 0 Å². The van der Waals surface area contributed by atoms with Gasteiger partial charge in [0, 0.05) is 5.56 Å². The average Bonchev–Trinajstić information content (AvgIpc) is 2.26. The molecule has 0 aromatic heterocycles. The van der Waals surface area contributed by atoms with Gasteiger partial charge in [0.2, 0.25) is 0 Å². The van der Waals surface area contributed by atoms with Crippen molar-refractivity contribution in [2.45, 2.75) is 26.2 Å². The number of aromatic hydroxyl groups is 1. The van der Waals surface area contributed by atoms with Crippen LogP contribution in [0.2, 0.25) is 0 Å². The van der Waals surface area contributed by atoms with E-state index < -0.39 is 5.97 Å². The number of allylic oxidation sites excluding steroid dienone is 1. The van der Waals surface area contributed by atoms with E-state index in [2.05, 4.69) is 6.92 Å². The third-order valence-corrected chi connectivity index (χ3v) is 2.32. The molecule has 0 aliphatic rings. The molecule has 1 aromatic carbocycles.